The molecule has 1 heterocycles. The largest absolute Gasteiger partial charge is 0.490 e. The average molecular weight is 501 g/mol. The second kappa shape index (κ2) is 10.6. The van der Waals surface area contributed by atoms with Crippen LogP contribution in [0.4, 0.5) is 5.69 Å². The number of nitrogens with one attached hydrogen (secondary N) is 2. The van der Waals surface area contributed by atoms with Crippen molar-refractivity contribution in [1.82, 2.24) is 5.32 Å². The standard InChI is InChI=1S/C30H32N2O5/c1-3-36-26-16-19(13-14-25(26)37-17-27(35)31-20-8-4-7-18(2)15-20)28-29-21(9-5-11-23(29)33)32-22-10-6-12-24(34)30(22)28/h4,7-8,13-16,28,32H,3,5-6,9-12,17H2,1-2H3,(H,31,35). The number of carbonyl (C=O) groups is 3. The van der Waals surface area contributed by atoms with Gasteiger partial charge >= 0.3 is 0 Å². The van der Waals surface area contributed by atoms with Gasteiger partial charge in [-0.1, -0.05) is 18.2 Å². The zero-order valence-corrected chi connectivity index (χ0v) is 21.3. The van der Waals surface area contributed by atoms with Gasteiger partial charge in [-0.05, 0) is 74.9 Å². The van der Waals surface area contributed by atoms with Gasteiger partial charge in [0.2, 0.25) is 0 Å². The number of rotatable bonds is 7. The van der Waals surface area contributed by atoms with Crippen molar-refractivity contribution in [1.29, 1.82) is 0 Å². The molecule has 37 heavy (non-hydrogen) atoms. The second-order valence-corrected chi connectivity index (χ2v) is 9.74. The third-order valence-electron chi connectivity index (χ3n) is 7.05. The molecule has 0 aromatic heterocycles. The zero-order chi connectivity index (χ0) is 25.9. The summed E-state index contributed by atoms with van der Waals surface area (Å²) < 4.78 is 11.7. The molecular weight excluding hydrogens is 468 g/mol. The predicted molar refractivity (Wildman–Crippen MR) is 141 cm³/mol. The van der Waals surface area contributed by atoms with Crippen molar-refractivity contribution in [2.24, 2.45) is 0 Å². The molecule has 2 aliphatic carbocycles. The Bertz CT molecular complexity index is 1280. The highest BCUT2D eigenvalue weighted by molar-refractivity contribution is 6.06. The topological polar surface area (TPSA) is 93.7 Å². The van der Waals surface area contributed by atoms with E-state index in [2.05, 4.69) is 10.6 Å². The number of benzene rings is 2. The number of hydrogen-bond acceptors (Lipinski definition) is 6. The predicted octanol–water partition coefficient (Wildman–Crippen LogP) is 5.11. The van der Waals surface area contributed by atoms with Crippen LogP contribution < -0.4 is 20.1 Å². The van der Waals surface area contributed by atoms with Gasteiger partial charge in [-0.15, -0.1) is 0 Å². The van der Waals surface area contributed by atoms with Gasteiger partial charge < -0.3 is 20.1 Å². The number of hydrogen-bond donors (Lipinski definition) is 2. The van der Waals surface area contributed by atoms with Crippen molar-refractivity contribution in [3.05, 3.63) is 76.1 Å². The minimum absolute atomic E-state index is 0.0924. The van der Waals surface area contributed by atoms with Gasteiger partial charge in [0.25, 0.3) is 5.91 Å². The van der Waals surface area contributed by atoms with Crippen molar-refractivity contribution < 1.29 is 23.9 Å². The molecule has 0 radical (unpaired) electrons. The van der Waals surface area contributed by atoms with Crippen LogP contribution in [-0.2, 0) is 14.4 Å². The van der Waals surface area contributed by atoms with Gasteiger partial charge in [0, 0.05) is 47.0 Å². The number of ketones is 2. The van der Waals surface area contributed by atoms with E-state index < -0.39 is 5.92 Å². The number of dihydropyridines is 1. The van der Waals surface area contributed by atoms with Gasteiger partial charge in [-0.2, -0.15) is 0 Å². The smallest absolute Gasteiger partial charge is 0.262 e. The van der Waals surface area contributed by atoms with Gasteiger partial charge in [0.15, 0.2) is 29.7 Å². The molecule has 7 nitrogen and oxygen atoms in total. The first-order valence-electron chi connectivity index (χ1n) is 13.0. The third-order valence-corrected chi connectivity index (χ3v) is 7.05. The van der Waals surface area contributed by atoms with E-state index in [-0.39, 0.29) is 24.1 Å². The van der Waals surface area contributed by atoms with Crippen LogP contribution in [0.2, 0.25) is 0 Å². The average Bonchev–Trinajstić information content (AvgIpc) is 2.87. The Labute approximate surface area is 216 Å². The van der Waals surface area contributed by atoms with E-state index in [0.717, 1.165) is 48.2 Å². The monoisotopic (exact) mass is 500 g/mol. The molecule has 3 aliphatic rings. The minimum Gasteiger partial charge on any atom is -0.490 e. The maximum Gasteiger partial charge on any atom is 0.262 e. The summed E-state index contributed by atoms with van der Waals surface area (Å²) in [6, 6.07) is 13.1. The molecular formula is C30H32N2O5. The number of aryl methyl sites for hydroxylation is 1. The normalized spacial score (nSPS) is 17.7. The van der Waals surface area contributed by atoms with Gasteiger partial charge in [0.1, 0.15) is 0 Å². The highest BCUT2D eigenvalue weighted by Crippen LogP contribution is 2.46. The van der Waals surface area contributed by atoms with Crippen molar-refractivity contribution in [2.45, 2.75) is 58.3 Å². The van der Waals surface area contributed by atoms with Crippen molar-refractivity contribution >= 4 is 23.2 Å². The summed E-state index contributed by atoms with van der Waals surface area (Å²) in [5.41, 5.74) is 5.88. The van der Waals surface area contributed by atoms with Crippen LogP contribution in [0, 0.1) is 6.92 Å². The van der Waals surface area contributed by atoms with Gasteiger partial charge in [0.05, 0.1) is 6.61 Å². The van der Waals surface area contributed by atoms with E-state index in [9.17, 15) is 14.4 Å². The number of ether oxygens (including phenoxy) is 2. The van der Waals surface area contributed by atoms with Crippen LogP contribution in [0.25, 0.3) is 0 Å². The maximum atomic E-state index is 13.1. The Morgan fingerprint density at radius 3 is 2.27 bits per heavy atom. The van der Waals surface area contributed by atoms with E-state index in [0.29, 0.717) is 47.8 Å². The molecule has 0 unspecified atom stereocenters. The number of anilines is 1. The third kappa shape index (κ3) is 5.17. The first-order valence-corrected chi connectivity index (χ1v) is 13.0. The lowest BCUT2D eigenvalue weighted by atomic mass is 9.71. The molecule has 0 saturated carbocycles. The summed E-state index contributed by atoms with van der Waals surface area (Å²) in [5, 5.41) is 6.28. The molecule has 2 N–H and O–H groups in total. The molecule has 0 bridgehead atoms. The molecule has 192 valence electrons. The molecule has 7 heteroatoms. The van der Waals surface area contributed by atoms with Gasteiger partial charge in [-0.3, -0.25) is 14.4 Å². The molecule has 1 amide bonds. The Kier molecular flexibility index (Phi) is 7.12. The molecule has 2 aromatic carbocycles. The Balaban J connectivity index is 1.43. The SMILES string of the molecule is CCOc1cc(C2C3=C(CCCC3=O)NC3=C2C(=O)CCC3)ccc1OCC(=O)Nc1cccc(C)c1. The number of Topliss-reactive ketones (excluding diaryl/α,β-unsaturated/α-hetero) is 2. The molecule has 1 aliphatic heterocycles. The molecule has 2 aromatic rings. The highest BCUT2D eigenvalue weighted by Gasteiger charge is 2.40. The molecule has 0 atom stereocenters. The molecule has 0 saturated heterocycles. The summed E-state index contributed by atoms with van der Waals surface area (Å²) in [6.45, 7) is 4.07. The van der Waals surface area contributed by atoms with Crippen LogP contribution >= 0.6 is 0 Å². The fraction of sp³-hybridized carbons (Fsp3) is 0.367. The fourth-order valence-corrected chi connectivity index (χ4v) is 5.47. The second-order valence-electron chi connectivity index (χ2n) is 9.74. The Morgan fingerprint density at radius 1 is 0.919 bits per heavy atom. The van der Waals surface area contributed by atoms with E-state index in [1.54, 1.807) is 6.07 Å². The minimum atomic E-state index is -0.412. The van der Waals surface area contributed by atoms with E-state index in [1.165, 1.54) is 0 Å². The van der Waals surface area contributed by atoms with E-state index >= 15 is 0 Å². The summed E-state index contributed by atoms with van der Waals surface area (Å²) in [5.74, 6) is 0.417. The molecule has 0 fully saturated rings. The molecule has 5 rings (SSSR count). The number of amides is 1. The van der Waals surface area contributed by atoms with Crippen molar-refractivity contribution in [3.8, 4) is 11.5 Å². The highest BCUT2D eigenvalue weighted by atomic mass is 16.5. The van der Waals surface area contributed by atoms with Crippen LogP contribution in [0.1, 0.15) is 62.5 Å². The summed E-state index contributed by atoms with van der Waals surface area (Å²) in [7, 11) is 0. The quantitative estimate of drug-likeness (QED) is 0.549. The van der Waals surface area contributed by atoms with Crippen LogP contribution in [0.5, 0.6) is 11.5 Å². The van der Waals surface area contributed by atoms with E-state index in [4.69, 9.17) is 9.47 Å². The zero-order valence-electron chi connectivity index (χ0n) is 21.3. The lowest BCUT2D eigenvalue weighted by molar-refractivity contribution is -0.118. The van der Waals surface area contributed by atoms with Crippen LogP contribution in [0.15, 0.2) is 65.0 Å². The number of carbonyl (C=O) groups excluding carboxylic acids is 3. The Morgan fingerprint density at radius 2 is 1.62 bits per heavy atom. The summed E-state index contributed by atoms with van der Waals surface area (Å²) >= 11 is 0. The Hall–Kier alpha value is -3.87. The lowest BCUT2D eigenvalue weighted by Crippen LogP contribution is -2.36. The summed E-state index contributed by atoms with van der Waals surface area (Å²) in [4.78, 5) is 38.7. The number of allylic oxidation sites excluding steroid dienone is 4. The maximum absolute atomic E-state index is 13.1. The van der Waals surface area contributed by atoms with Crippen LogP contribution in [-0.4, -0.2) is 30.7 Å². The molecule has 0 spiro atoms. The fourth-order valence-electron chi connectivity index (χ4n) is 5.47. The first kappa shape index (κ1) is 24.8. The van der Waals surface area contributed by atoms with Gasteiger partial charge in [-0.25, -0.2) is 0 Å². The van der Waals surface area contributed by atoms with Crippen molar-refractivity contribution in [2.75, 3.05) is 18.5 Å². The van der Waals surface area contributed by atoms with E-state index in [1.807, 2.05) is 50.2 Å². The van der Waals surface area contributed by atoms with Crippen LogP contribution in [0.3, 0.4) is 0 Å². The lowest BCUT2D eigenvalue weighted by Gasteiger charge is -2.37. The first-order chi connectivity index (χ1) is 17.9. The van der Waals surface area contributed by atoms with Crippen molar-refractivity contribution in [3.63, 3.8) is 0 Å². The summed E-state index contributed by atoms with van der Waals surface area (Å²) in [6.07, 6.45) is 4.22.